The van der Waals surface area contributed by atoms with Crippen LogP contribution >= 0.6 is 15.9 Å². The molecular formula is C10H7BrF5NO2. The predicted molar refractivity (Wildman–Crippen MR) is 57.9 cm³/mol. The predicted octanol–water partition coefficient (Wildman–Crippen LogP) is 3.98. The number of ether oxygens (including phenoxy) is 1. The van der Waals surface area contributed by atoms with Crippen molar-refractivity contribution in [3.8, 4) is 0 Å². The molecule has 0 N–H and O–H groups in total. The zero-order valence-corrected chi connectivity index (χ0v) is 11.0. The van der Waals surface area contributed by atoms with Gasteiger partial charge in [-0.2, -0.15) is 13.2 Å². The van der Waals surface area contributed by atoms with E-state index >= 15 is 0 Å². The minimum Gasteiger partial charge on any atom is -0.462 e. The van der Waals surface area contributed by atoms with Crippen LogP contribution in [0, 0.1) is 0 Å². The molecule has 0 spiro atoms. The molecule has 0 unspecified atom stereocenters. The third kappa shape index (κ3) is 3.62. The fraction of sp³-hybridized carbons (Fsp3) is 0.400. The van der Waals surface area contributed by atoms with Gasteiger partial charge in [0, 0.05) is 4.47 Å². The number of nitrogens with zero attached hydrogens (tertiary/aromatic N) is 1. The number of esters is 1. The highest BCUT2D eigenvalue weighted by molar-refractivity contribution is 9.10. The van der Waals surface area contributed by atoms with E-state index in [4.69, 9.17) is 0 Å². The van der Waals surface area contributed by atoms with E-state index in [1.807, 2.05) is 0 Å². The second kappa shape index (κ2) is 5.81. The molecule has 1 rings (SSSR count). The Morgan fingerprint density at radius 3 is 2.47 bits per heavy atom. The quantitative estimate of drug-likeness (QED) is 0.613. The topological polar surface area (TPSA) is 39.2 Å². The summed E-state index contributed by atoms with van der Waals surface area (Å²) in [5, 5.41) is 0. The Morgan fingerprint density at radius 2 is 2.05 bits per heavy atom. The van der Waals surface area contributed by atoms with Gasteiger partial charge in [0.2, 0.25) is 0 Å². The van der Waals surface area contributed by atoms with Crippen molar-refractivity contribution in [1.29, 1.82) is 0 Å². The number of alkyl halides is 5. The zero-order valence-electron chi connectivity index (χ0n) is 9.39. The van der Waals surface area contributed by atoms with Gasteiger partial charge in [-0.05, 0) is 28.9 Å². The normalized spacial score (nSPS) is 11.8. The molecule has 0 aliphatic carbocycles. The zero-order chi connectivity index (χ0) is 14.8. The summed E-state index contributed by atoms with van der Waals surface area (Å²) in [4.78, 5) is 14.2. The van der Waals surface area contributed by atoms with E-state index in [1.54, 1.807) is 0 Å². The van der Waals surface area contributed by atoms with Crippen molar-refractivity contribution in [1.82, 2.24) is 4.98 Å². The van der Waals surface area contributed by atoms with E-state index in [0.29, 0.717) is 6.07 Å². The fourth-order valence-electron chi connectivity index (χ4n) is 1.24. The van der Waals surface area contributed by atoms with Crippen LogP contribution in [0.15, 0.2) is 10.5 Å². The lowest BCUT2D eigenvalue weighted by atomic mass is 10.1. The lowest BCUT2D eigenvalue weighted by Gasteiger charge is -2.13. The Morgan fingerprint density at radius 1 is 1.47 bits per heavy atom. The van der Waals surface area contributed by atoms with Crippen molar-refractivity contribution >= 4 is 21.9 Å². The second-order valence-corrected chi connectivity index (χ2v) is 4.12. The summed E-state index contributed by atoms with van der Waals surface area (Å²) in [6, 6.07) is 0.634. The summed E-state index contributed by atoms with van der Waals surface area (Å²) in [7, 11) is 0. The molecule has 0 bridgehead atoms. The van der Waals surface area contributed by atoms with E-state index in [2.05, 4.69) is 25.7 Å². The highest BCUT2D eigenvalue weighted by atomic mass is 79.9. The largest absolute Gasteiger partial charge is 0.462 e. The van der Waals surface area contributed by atoms with Gasteiger partial charge in [0.25, 0.3) is 6.43 Å². The molecule has 0 aliphatic heterocycles. The molecule has 0 radical (unpaired) electrons. The number of hydrogen-bond acceptors (Lipinski definition) is 3. The molecule has 0 amide bonds. The Bertz CT molecular complexity index is 490. The minimum atomic E-state index is -5.04. The number of pyridine rings is 1. The molecule has 0 fully saturated rings. The van der Waals surface area contributed by atoms with Crippen LogP contribution in [0.2, 0.25) is 0 Å². The number of carbonyl (C=O) groups is 1. The number of rotatable bonds is 3. The van der Waals surface area contributed by atoms with Crippen LogP contribution in [0.5, 0.6) is 0 Å². The fourth-order valence-corrected chi connectivity index (χ4v) is 1.73. The first kappa shape index (κ1) is 15.8. The van der Waals surface area contributed by atoms with Gasteiger partial charge in [-0.1, -0.05) is 0 Å². The molecular weight excluding hydrogens is 341 g/mol. The van der Waals surface area contributed by atoms with Crippen molar-refractivity contribution in [3.05, 3.63) is 27.5 Å². The SMILES string of the molecule is CCOC(=O)c1cc(Br)c(C(F)F)nc1C(F)(F)F. The first-order valence-electron chi connectivity index (χ1n) is 4.91. The summed E-state index contributed by atoms with van der Waals surface area (Å²) in [6.45, 7) is 1.26. The van der Waals surface area contributed by atoms with Crippen LogP contribution in [0.1, 0.15) is 35.1 Å². The van der Waals surface area contributed by atoms with E-state index in [1.165, 1.54) is 6.92 Å². The molecule has 19 heavy (non-hydrogen) atoms. The van der Waals surface area contributed by atoms with Crippen molar-refractivity contribution in [2.75, 3.05) is 6.61 Å². The maximum Gasteiger partial charge on any atom is 0.434 e. The van der Waals surface area contributed by atoms with E-state index in [0.717, 1.165) is 0 Å². The molecule has 1 heterocycles. The molecule has 0 aromatic carbocycles. The second-order valence-electron chi connectivity index (χ2n) is 3.27. The van der Waals surface area contributed by atoms with Crippen molar-refractivity contribution in [2.45, 2.75) is 19.5 Å². The van der Waals surface area contributed by atoms with Crippen LogP contribution in [-0.2, 0) is 10.9 Å². The molecule has 1 aromatic rings. The van der Waals surface area contributed by atoms with Crippen LogP contribution in [0.4, 0.5) is 22.0 Å². The number of aromatic nitrogens is 1. The molecule has 0 saturated heterocycles. The van der Waals surface area contributed by atoms with Crippen LogP contribution in [0.25, 0.3) is 0 Å². The maximum atomic E-state index is 12.7. The van der Waals surface area contributed by atoms with Crippen LogP contribution < -0.4 is 0 Å². The summed E-state index contributed by atoms with van der Waals surface area (Å²) < 4.78 is 67.1. The minimum absolute atomic E-state index is 0.148. The summed E-state index contributed by atoms with van der Waals surface area (Å²) in [6.07, 6.45) is -8.24. The van der Waals surface area contributed by atoms with Gasteiger partial charge in [-0.3, -0.25) is 0 Å². The van der Waals surface area contributed by atoms with E-state index in [9.17, 15) is 26.7 Å². The Kier molecular flexibility index (Phi) is 4.83. The highest BCUT2D eigenvalue weighted by Gasteiger charge is 2.39. The molecule has 106 valence electrons. The smallest absolute Gasteiger partial charge is 0.434 e. The average Bonchev–Trinajstić information content (AvgIpc) is 2.26. The third-order valence-electron chi connectivity index (χ3n) is 1.97. The summed E-state index contributed by atoms with van der Waals surface area (Å²) >= 11 is 2.65. The molecule has 0 saturated carbocycles. The van der Waals surface area contributed by atoms with Gasteiger partial charge in [-0.15, -0.1) is 0 Å². The Hall–Kier alpha value is -1.25. The van der Waals surface area contributed by atoms with Gasteiger partial charge < -0.3 is 4.74 Å². The number of hydrogen-bond donors (Lipinski definition) is 0. The van der Waals surface area contributed by atoms with Gasteiger partial charge in [0.1, 0.15) is 5.69 Å². The standard InChI is InChI=1S/C10H7BrF5NO2/c1-2-19-9(18)4-3-5(11)6(8(12)13)17-7(4)10(14,15)16/h3,8H,2H2,1H3. The van der Waals surface area contributed by atoms with Gasteiger partial charge in [0.15, 0.2) is 5.69 Å². The van der Waals surface area contributed by atoms with Gasteiger partial charge >= 0.3 is 12.1 Å². The van der Waals surface area contributed by atoms with Gasteiger partial charge in [-0.25, -0.2) is 18.6 Å². The first-order chi connectivity index (χ1) is 8.68. The number of halogens is 6. The summed E-state index contributed by atoms with van der Waals surface area (Å²) in [5.74, 6) is -1.27. The lowest BCUT2D eigenvalue weighted by molar-refractivity contribution is -0.142. The van der Waals surface area contributed by atoms with Crippen LogP contribution in [-0.4, -0.2) is 17.6 Å². The van der Waals surface area contributed by atoms with Crippen molar-refractivity contribution in [3.63, 3.8) is 0 Å². The van der Waals surface area contributed by atoms with Crippen molar-refractivity contribution in [2.24, 2.45) is 0 Å². The van der Waals surface area contributed by atoms with Crippen molar-refractivity contribution < 1.29 is 31.5 Å². The average molecular weight is 348 g/mol. The first-order valence-corrected chi connectivity index (χ1v) is 5.70. The molecule has 9 heteroatoms. The molecule has 3 nitrogen and oxygen atoms in total. The highest BCUT2D eigenvalue weighted by Crippen LogP contribution is 2.35. The lowest BCUT2D eigenvalue weighted by Crippen LogP contribution is -2.18. The molecule has 1 aromatic heterocycles. The Labute approximate surface area is 112 Å². The van der Waals surface area contributed by atoms with E-state index in [-0.39, 0.29) is 6.61 Å². The molecule has 0 atom stereocenters. The summed E-state index contributed by atoms with van der Waals surface area (Å²) in [5.41, 5.74) is -3.68. The van der Waals surface area contributed by atoms with E-state index < -0.39 is 40.0 Å². The Balaban J connectivity index is 3.45. The van der Waals surface area contributed by atoms with Gasteiger partial charge in [0.05, 0.1) is 12.2 Å². The van der Waals surface area contributed by atoms with Crippen LogP contribution in [0.3, 0.4) is 0 Å². The molecule has 0 aliphatic rings. The number of carbonyl (C=O) groups excluding carboxylic acids is 1. The monoisotopic (exact) mass is 347 g/mol. The maximum absolute atomic E-state index is 12.7. The third-order valence-corrected chi connectivity index (χ3v) is 2.61.